The largest absolute Gasteiger partial charge is 0.386 e. The number of carbonyl (C=O) groups is 2. The van der Waals surface area contributed by atoms with Crippen molar-refractivity contribution in [1.29, 1.82) is 0 Å². The molecular weight excluding hydrogens is 372 g/mol. The van der Waals surface area contributed by atoms with Gasteiger partial charge < -0.3 is 10.6 Å². The van der Waals surface area contributed by atoms with Crippen molar-refractivity contribution in [2.24, 2.45) is 0 Å². The van der Waals surface area contributed by atoms with Crippen molar-refractivity contribution in [3.05, 3.63) is 95.3 Å². The first-order chi connectivity index (χ1) is 14.7. The van der Waals surface area contributed by atoms with E-state index in [0.717, 1.165) is 24.2 Å². The predicted octanol–water partition coefficient (Wildman–Crippen LogP) is 4.23. The van der Waals surface area contributed by atoms with Crippen LogP contribution in [-0.2, 0) is 9.59 Å². The molecule has 2 atom stereocenters. The van der Waals surface area contributed by atoms with Gasteiger partial charge in [0.05, 0.1) is 0 Å². The molecular formula is C26H28N2O2. The van der Waals surface area contributed by atoms with Crippen molar-refractivity contribution in [3.8, 4) is 0 Å². The highest BCUT2D eigenvalue weighted by Gasteiger charge is 2.23. The zero-order chi connectivity index (χ0) is 20.8. The number of allylic oxidation sites excluding steroid dienone is 4. The number of carbonyl (C=O) groups excluding carboxylic acids is 2. The summed E-state index contributed by atoms with van der Waals surface area (Å²) < 4.78 is 0. The van der Waals surface area contributed by atoms with Gasteiger partial charge in [0.25, 0.3) is 0 Å². The highest BCUT2D eigenvalue weighted by Crippen LogP contribution is 2.31. The molecule has 0 unspecified atom stereocenters. The van der Waals surface area contributed by atoms with Crippen molar-refractivity contribution in [3.63, 3.8) is 0 Å². The van der Waals surface area contributed by atoms with Gasteiger partial charge in [-0.05, 0) is 35.8 Å². The van der Waals surface area contributed by atoms with Crippen LogP contribution in [0.15, 0.2) is 84.2 Å². The van der Waals surface area contributed by atoms with Gasteiger partial charge in [-0.15, -0.1) is 0 Å². The van der Waals surface area contributed by atoms with Crippen molar-refractivity contribution < 1.29 is 9.59 Å². The first kappa shape index (κ1) is 20.1. The van der Waals surface area contributed by atoms with Crippen LogP contribution in [0, 0.1) is 0 Å². The van der Waals surface area contributed by atoms with Crippen molar-refractivity contribution in [2.75, 3.05) is 13.1 Å². The molecule has 0 aromatic heterocycles. The van der Waals surface area contributed by atoms with Gasteiger partial charge >= 0.3 is 0 Å². The lowest BCUT2D eigenvalue weighted by Crippen LogP contribution is -2.30. The quantitative estimate of drug-likeness (QED) is 0.683. The summed E-state index contributed by atoms with van der Waals surface area (Å²) in [5.74, 6) is 0.836. The molecule has 30 heavy (non-hydrogen) atoms. The van der Waals surface area contributed by atoms with Gasteiger partial charge in [-0.25, -0.2) is 0 Å². The molecule has 4 nitrogen and oxygen atoms in total. The Kier molecular flexibility index (Phi) is 6.43. The molecule has 0 saturated carbocycles. The molecule has 0 aliphatic heterocycles. The molecule has 2 N–H and O–H groups in total. The van der Waals surface area contributed by atoms with Crippen molar-refractivity contribution in [2.45, 2.75) is 37.5 Å². The predicted molar refractivity (Wildman–Crippen MR) is 119 cm³/mol. The van der Waals surface area contributed by atoms with Crippen LogP contribution in [0.2, 0.25) is 0 Å². The fraction of sp³-hybridized carbons (Fsp3) is 0.308. The van der Waals surface area contributed by atoms with Crippen molar-refractivity contribution in [1.82, 2.24) is 10.6 Å². The molecule has 0 radical (unpaired) electrons. The summed E-state index contributed by atoms with van der Waals surface area (Å²) in [6, 6.07) is 20.5. The van der Waals surface area contributed by atoms with Crippen LogP contribution < -0.4 is 10.6 Å². The minimum atomic E-state index is 0.178. The molecule has 0 saturated heterocycles. The van der Waals surface area contributed by atoms with Crippen LogP contribution in [0.5, 0.6) is 0 Å². The van der Waals surface area contributed by atoms with Crippen LogP contribution in [0.25, 0.3) is 0 Å². The van der Waals surface area contributed by atoms with Crippen LogP contribution in [0.1, 0.15) is 48.6 Å². The first-order valence-electron chi connectivity index (χ1n) is 10.7. The second kappa shape index (κ2) is 9.57. The molecule has 154 valence electrons. The number of ketones is 2. The highest BCUT2D eigenvalue weighted by molar-refractivity contribution is 5.92. The lowest BCUT2D eigenvalue weighted by atomic mass is 9.85. The number of hydrogen-bond acceptors (Lipinski definition) is 4. The summed E-state index contributed by atoms with van der Waals surface area (Å²) >= 11 is 0. The molecule has 2 aromatic rings. The third kappa shape index (κ3) is 5.26. The van der Waals surface area contributed by atoms with Gasteiger partial charge in [-0.1, -0.05) is 60.7 Å². The van der Waals surface area contributed by atoms with Gasteiger partial charge in [-0.3, -0.25) is 9.59 Å². The lowest BCUT2D eigenvalue weighted by molar-refractivity contribution is -0.116. The summed E-state index contributed by atoms with van der Waals surface area (Å²) in [5, 5.41) is 6.82. The van der Waals surface area contributed by atoms with E-state index in [-0.39, 0.29) is 23.4 Å². The Balaban J connectivity index is 1.27. The SMILES string of the molecule is O=C1C=C(NCCNC2=CC(=O)C[C@H](c3ccccc3)C2)C[C@@H](c2ccccc2)C1. The highest BCUT2D eigenvalue weighted by atomic mass is 16.1. The Labute approximate surface area is 178 Å². The molecule has 0 amide bonds. The van der Waals surface area contributed by atoms with E-state index in [1.165, 1.54) is 11.1 Å². The van der Waals surface area contributed by atoms with Crippen LogP contribution in [0.3, 0.4) is 0 Å². The van der Waals surface area contributed by atoms with E-state index in [4.69, 9.17) is 0 Å². The molecule has 2 aliphatic rings. The summed E-state index contributed by atoms with van der Waals surface area (Å²) in [7, 11) is 0. The number of benzene rings is 2. The van der Waals surface area contributed by atoms with E-state index < -0.39 is 0 Å². The average molecular weight is 401 g/mol. The van der Waals surface area contributed by atoms with Crippen LogP contribution in [0.4, 0.5) is 0 Å². The Bertz CT molecular complexity index is 868. The topological polar surface area (TPSA) is 58.2 Å². The fourth-order valence-corrected chi connectivity index (χ4v) is 4.40. The van der Waals surface area contributed by atoms with E-state index in [9.17, 15) is 9.59 Å². The molecule has 4 heteroatoms. The van der Waals surface area contributed by atoms with Gasteiger partial charge in [0.15, 0.2) is 11.6 Å². The number of hydrogen-bond donors (Lipinski definition) is 2. The fourth-order valence-electron chi connectivity index (χ4n) is 4.40. The second-order valence-electron chi connectivity index (χ2n) is 8.16. The first-order valence-corrected chi connectivity index (χ1v) is 10.7. The Morgan fingerprint density at radius 1 is 0.600 bits per heavy atom. The van der Waals surface area contributed by atoms with Crippen LogP contribution >= 0.6 is 0 Å². The lowest BCUT2D eigenvalue weighted by Gasteiger charge is -2.25. The van der Waals surface area contributed by atoms with E-state index in [0.29, 0.717) is 25.9 Å². The maximum atomic E-state index is 12.2. The second-order valence-corrected chi connectivity index (χ2v) is 8.16. The monoisotopic (exact) mass is 400 g/mol. The maximum absolute atomic E-state index is 12.2. The maximum Gasteiger partial charge on any atom is 0.158 e. The number of nitrogens with one attached hydrogen (secondary N) is 2. The molecule has 0 fully saturated rings. The van der Waals surface area contributed by atoms with E-state index in [2.05, 4.69) is 34.9 Å². The van der Waals surface area contributed by atoms with E-state index in [1.54, 1.807) is 12.2 Å². The zero-order valence-corrected chi connectivity index (χ0v) is 17.1. The summed E-state index contributed by atoms with van der Waals surface area (Å²) in [6.45, 7) is 1.42. The van der Waals surface area contributed by atoms with Crippen molar-refractivity contribution >= 4 is 11.6 Å². The Morgan fingerprint density at radius 3 is 1.40 bits per heavy atom. The van der Waals surface area contributed by atoms with E-state index >= 15 is 0 Å². The van der Waals surface area contributed by atoms with Gasteiger partial charge in [0.1, 0.15) is 0 Å². The molecule has 4 rings (SSSR count). The molecule has 0 bridgehead atoms. The van der Waals surface area contributed by atoms with Gasteiger partial charge in [0.2, 0.25) is 0 Å². The zero-order valence-electron chi connectivity index (χ0n) is 17.1. The summed E-state index contributed by atoms with van der Waals surface area (Å²) in [4.78, 5) is 24.3. The normalized spacial score (nSPS) is 21.6. The van der Waals surface area contributed by atoms with Gasteiger partial charge in [-0.2, -0.15) is 0 Å². The molecule has 0 spiro atoms. The average Bonchev–Trinajstić information content (AvgIpc) is 2.77. The molecule has 2 aliphatic carbocycles. The Hall–Kier alpha value is -3.14. The molecule has 0 heterocycles. The third-order valence-corrected chi connectivity index (χ3v) is 5.87. The summed E-state index contributed by atoms with van der Waals surface area (Å²) in [5.41, 5.74) is 4.43. The minimum Gasteiger partial charge on any atom is -0.386 e. The third-order valence-electron chi connectivity index (χ3n) is 5.87. The standard InChI is InChI=1S/C26H28N2O2/c29-25-15-21(19-7-3-1-4-8-19)13-23(17-25)27-11-12-28-24-14-22(16-26(30)18-24)20-9-5-2-6-10-20/h1-10,17-18,21-22,27-28H,11-16H2/t21-,22-/m1/s1. The van der Waals surface area contributed by atoms with E-state index in [1.807, 2.05) is 36.4 Å². The van der Waals surface area contributed by atoms with Crippen LogP contribution in [-0.4, -0.2) is 24.7 Å². The number of rotatable bonds is 7. The molecule has 2 aromatic carbocycles. The smallest absolute Gasteiger partial charge is 0.158 e. The van der Waals surface area contributed by atoms with Gasteiger partial charge in [0, 0.05) is 49.5 Å². The summed E-state index contributed by atoms with van der Waals surface area (Å²) in [6.07, 6.45) is 6.34. The Morgan fingerprint density at radius 2 is 1.00 bits per heavy atom. The minimum absolute atomic E-state index is 0.178.